The molecule has 0 heterocycles. The van der Waals surface area contributed by atoms with Gasteiger partial charge in [0.15, 0.2) is 10.7 Å². The van der Waals surface area contributed by atoms with Crippen molar-refractivity contribution in [1.29, 1.82) is 0 Å². The van der Waals surface area contributed by atoms with Crippen LogP contribution in [0.1, 0.15) is 0 Å². The fraction of sp³-hybridized carbons (Fsp3) is 0. The number of nitrogens with one attached hydrogen (secondary N) is 1. The molecule has 0 radical (unpaired) electrons. The Balaban J connectivity index is 2.19. The molecule has 0 aromatic heterocycles. The molecule has 0 amide bonds. The lowest BCUT2D eigenvalue weighted by molar-refractivity contribution is 0.614. The van der Waals surface area contributed by atoms with E-state index in [2.05, 4.69) is 5.32 Å². The lowest BCUT2D eigenvalue weighted by atomic mass is 10.2. The van der Waals surface area contributed by atoms with Crippen LogP contribution in [-0.2, 0) is 10.7 Å². The Hall–Kier alpha value is -2.01. The molecule has 0 bridgehead atoms. The third-order valence-electron chi connectivity index (χ3n) is 2.25. The van der Waals surface area contributed by atoms with Crippen LogP contribution in [0.2, 0.25) is 0 Å². The Labute approximate surface area is 101 Å². The molecule has 4 nitrogen and oxygen atoms in total. The van der Waals surface area contributed by atoms with Crippen molar-refractivity contribution in [2.45, 2.75) is 4.90 Å². The van der Waals surface area contributed by atoms with Gasteiger partial charge in [-0.05, 0) is 42.5 Å². The second kappa shape index (κ2) is 4.88. The fourth-order valence-corrected chi connectivity index (χ4v) is 1.84. The number of nitrogens with two attached hydrogens (primary N) is 1. The highest BCUT2D eigenvalue weighted by Gasteiger charge is 1.97. The molecular formula is C12H12N2O2S. The van der Waals surface area contributed by atoms with Gasteiger partial charge in [-0.2, -0.15) is 0 Å². The molecule has 0 fully saturated rings. The standard InChI is InChI=1S/C12H12N2O2S/c13-9-2-1-3-11(8-9)14-10-4-6-12(7-5-10)17(15)16/h1-8,14,17H,13H2. The summed E-state index contributed by atoms with van der Waals surface area (Å²) in [6.07, 6.45) is 0. The molecule has 0 unspecified atom stereocenters. The smallest absolute Gasteiger partial charge is 0.168 e. The van der Waals surface area contributed by atoms with Gasteiger partial charge in [-0.3, -0.25) is 0 Å². The van der Waals surface area contributed by atoms with E-state index >= 15 is 0 Å². The maximum absolute atomic E-state index is 10.7. The molecule has 5 heteroatoms. The van der Waals surface area contributed by atoms with E-state index in [1.54, 1.807) is 30.3 Å². The van der Waals surface area contributed by atoms with Gasteiger partial charge in [0.05, 0.1) is 4.90 Å². The lowest BCUT2D eigenvalue weighted by Gasteiger charge is -2.06. The average Bonchev–Trinajstić information content (AvgIpc) is 2.29. The van der Waals surface area contributed by atoms with Crippen LogP contribution in [0.4, 0.5) is 17.1 Å². The van der Waals surface area contributed by atoms with Crippen LogP contribution < -0.4 is 11.1 Å². The highest BCUT2D eigenvalue weighted by Crippen LogP contribution is 2.19. The summed E-state index contributed by atoms with van der Waals surface area (Å²) in [6.45, 7) is 0. The molecule has 0 aliphatic rings. The van der Waals surface area contributed by atoms with Crippen LogP contribution in [-0.4, -0.2) is 8.42 Å². The average molecular weight is 248 g/mol. The van der Waals surface area contributed by atoms with Gasteiger partial charge in [-0.1, -0.05) is 6.07 Å². The maximum Gasteiger partial charge on any atom is 0.168 e. The van der Waals surface area contributed by atoms with Crippen molar-refractivity contribution in [3.05, 3.63) is 48.5 Å². The number of thiol groups is 1. The van der Waals surface area contributed by atoms with E-state index in [9.17, 15) is 8.42 Å². The summed E-state index contributed by atoms with van der Waals surface area (Å²) in [4.78, 5) is 0.304. The van der Waals surface area contributed by atoms with Gasteiger partial charge in [0.2, 0.25) is 0 Å². The number of hydrogen-bond donors (Lipinski definition) is 3. The summed E-state index contributed by atoms with van der Waals surface area (Å²) in [5, 5.41) is 3.13. The normalized spacial score (nSPS) is 10.4. The highest BCUT2D eigenvalue weighted by molar-refractivity contribution is 7.72. The molecule has 0 aliphatic heterocycles. The minimum absolute atomic E-state index is 0.304. The molecule has 88 valence electrons. The fourth-order valence-electron chi connectivity index (χ4n) is 1.45. The molecule has 2 aromatic carbocycles. The molecule has 0 spiro atoms. The number of nitrogen functional groups attached to an aromatic ring is 1. The van der Waals surface area contributed by atoms with Gasteiger partial charge in [0, 0.05) is 17.1 Å². The Kier molecular flexibility index (Phi) is 3.30. The topological polar surface area (TPSA) is 72.2 Å². The summed E-state index contributed by atoms with van der Waals surface area (Å²) in [6, 6.07) is 13.9. The molecule has 0 saturated heterocycles. The van der Waals surface area contributed by atoms with Crippen molar-refractivity contribution >= 4 is 27.8 Å². The molecule has 0 aliphatic carbocycles. The first-order valence-corrected chi connectivity index (χ1v) is 6.20. The van der Waals surface area contributed by atoms with Gasteiger partial charge in [-0.25, -0.2) is 8.42 Å². The van der Waals surface area contributed by atoms with Gasteiger partial charge >= 0.3 is 0 Å². The molecule has 0 atom stereocenters. The van der Waals surface area contributed by atoms with Crippen LogP contribution in [0.25, 0.3) is 0 Å². The van der Waals surface area contributed by atoms with Crippen molar-refractivity contribution in [2.24, 2.45) is 0 Å². The van der Waals surface area contributed by atoms with Gasteiger partial charge < -0.3 is 11.1 Å². The highest BCUT2D eigenvalue weighted by atomic mass is 32.2. The number of hydrogen-bond acceptors (Lipinski definition) is 4. The van der Waals surface area contributed by atoms with Crippen LogP contribution in [0.15, 0.2) is 53.4 Å². The second-order valence-corrected chi connectivity index (χ2v) is 4.59. The van der Waals surface area contributed by atoms with Crippen LogP contribution in [0.3, 0.4) is 0 Å². The van der Waals surface area contributed by atoms with Gasteiger partial charge in [-0.15, -0.1) is 0 Å². The largest absolute Gasteiger partial charge is 0.399 e. The Morgan fingerprint density at radius 2 is 1.65 bits per heavy atom. The molecule has 3 N–H and O–H groups in total. The predicted molar refractivity (Wildman–Crippen MR) is 69.2 cm³/mol. The van der Waals surface area contributed by atoms with Gasteiger partial charge in [0.1, 0.15) is 0 Å². The summed E-state index contributed by atoms with van der Waals surface area (Å²) >= 11 is 0. The summed E-state index contributed by atoms with van der Waals surface area (Å²) in [7, 11) is -2.52. The number of benzene rings is 2. The summed E-state index contributed by atoms with van der Waals surface area (Å²) < 4.78 is 21.4. The van der Waals surface area contributed by atoms with Crippen molar-refractivity contribution in [2.75, 3.05) is 11.1 Å². The van der Waals surface area contributed by atoms with Crippen molar-refractivity contribution < 1.29 is 8.42 Å². The first-order chi connectivity index (χ1) is 8.15. The first kappa shape index (κ1) is 11.5. The second-order valence-electron chi connectivity index (χ2n) is 3.55. The Bertz CT molecular complexity index is 584. The quantitative estimate of drug-likeness (QED) is 0.573. The number of anilines is 3. The van der Waals surface area contributed by atoms with Crippen LogP contribution in [0.5, 0.6) is 0 Å². The van der Waals surface area contributed by atoms with Crippen LogP contribution in [0, 0.1) is 0 Å². The zero-order valence-corrected chi connectivity index (χ0v) is 9.85. The molecular weight excluding hydrogens is 236 g/mol. The van der Waals surface area contributed by atoms with E-state index in [1.165, 1.54) is 0 Å². The maximum atomic E-state index is 10.7. The predicted octanol–water partition coefficient (Wildman–Crippen LogP) is 1.98. The summed E-state index contributed by atoms with van der Waals surface area (Å²) in [5.41, 5.74) is 8.01. The Morgan fingerprint density at radius 1 is 0.941 bits per heavy atom. The van der Waals surface area contributed by atoms with Crippen LogP contribution >= 0.6 is 0 Å². The van der Waals surface area contributed by atoms with E-state index in [-0.39, 0.29) is 0 Å². The first-order valence-electron chi connectivity index (χ1n) is 5.02. The molecule has 2 rings (SSSR count). The minimum atomic E-state index is -2.52. The number of rotatable bonds is 3. The van der Waals surface area contributed by atoms with Crippen molar-refractivity contribution in [1.82, 2.24) is 0 Å². The van der Waals surface area contributed by atoms with E-state index in [4.69, 9.17) is 5.73 Å². The zero-order valence-electron chi connectivity index (χ0n) is 8.96. The monoisotopic (exact) mass is 248 g/mol. The van der Waals surface area contributed by atoms with Gasteiger partial charge in [0.25, 0.3) is 0 Å². The van der Waals surface area contributed by atoms with E-state index in [0.717, 1.165) is 11.4 Å². The van der Waals surface area contributed by atoms with Crippen molar-refractivity contribution in [3.63, 3.8) is 0 Å². The third-order valence-corrected chi connectivity index (χ3v) is 2.97. The lowest BCUT2D eigenvalue weighted by Crippen LogP contribution is -1.92. The molecule has 0 saturated carbocycles. The summed E-state index contributed by atoms with van der Waals surface area (Å²) in [5.74, 6) is 0. The van der Waals surface area contributed by atoms with E-state index in [1.807, 2.05) is 18.2 Å². The van der Waals surface area contributed by atoms with Crippen molar-refractivity contribution in [3.8, 4) is 0 Å². The minimum Gasteiger partial charge on any atom is -0.399 e. The SMILES string of the molecule is Nc1cccc(Nc2ccc([SH](=O)=O)cc2)c1. The van der Waals surface area contributed by atoms with E-state index < -0.39 is 10.7 Å². The molecule has 17 heavy (non-hydrogen) atoms. The third kappa shape index (κ3) is 2.98. The Morgan fingerprint density at radius 3 is 2.24 bits per heavy atom. The zero-order chi connectivity index (χ0) is 12.3. The van der Waals surface area contributed by atoms with E-state index in [0.29, 0.717) is 10.6 Å². The molecule has 2 aromatic rings.